The summed E-state index contributed by atoms with van der Waals surface area (Å²) in [6.45, 7) is 14.7. The summed E-state index contributed by atoms with van der Waals surface area (Å²) >= 11 is 0. The minimum absolute atomic E-state index is 0.0441. The third-order valence-corrected chi connectivity index (χ3v) is 12.1. The lowest BCUT2D eigenvalue weighted by Crippen LogP contribution is -2.51. The van der Waals surface area contributed by atoms with Crippen molar-refractivity contribution < 1.29 is 14.6 Å². The predicted octanol–water partition coefficient (Wildman–Crippen LogP) is 9.37. The van der Waals surface area contributed by atoms with Crippen molar-refractivity contribution in [3.63, 3.8) is 0 Å². The summed E-state index contributed by atoms with van der Waals surface area (Å²) in [6, 6.07) is 6.39. The molecule has 0 aromatic heterocycles. The van der Waals surface area contributed by atoms with Crippen LogP contribution in [0.15, 0.2) is 48.1 Å². The Bertz CT molecular complexity index is 1080. The van der Waals surface area contributed by atoms with Gasteiger partial charge in [-0.3, -0.25) is 0 Å². The fourth-order valence-corrected chi connectivity index (χ4v) is 9.73. The van der Waals surface area contributed by atoms with Crippen LogP contribution in [0.2, 0.25) is 0 Å². The van der Waals surface area contributed by atoms with Gasteiger partial charge in [0.05, 0.1) is 5.56 Å². The van der Waals surface area contributed by atoms with E-state index < -0.39 is 0 Å². The number of ether oxygens (including phenoxy) is 1. The molecule has 3 heteroatoms. The Balaban J connectivity index is 1.27. The largest absolute Gasteiger partial charge is 0.508 e. The fourth-order valence-electron chi connectivity index (χ4n) is 9.73. The van der Waals surface area contributed by atoms with E-state index in [-0.39, 0.29) is 23.2 Å². The molecule has 5 rings (SSSR count). The summed E-state index contributed by atoms with van der Waals surface area (Å²) in [5.41, 5.74) is 2.77. The molecule has 0 heterocycles. The maximum absolute atomic E-state index is 12.7. The number of hydrogen-bond acceptors (Lipinski definition) is 3. The van der Waals surface area contributed by atoms with Crippen LogP contribution in [0, 0.1) is 52.3 Å². The maximum Gasteiger partial charge on any atom is 0.338 e. The van der Waals surface area contributed by atoms with Crippen molar-refractivity contribution in [2.45, 2.75) is 105 Å². The molecule has 0 aliphatic heterocycles. The minimum Gasteiger partial charge on any atom is -0.508 e. The average Bonchev–Trinajstić information content (AvgIpc) is 3.26. The molecule has 3 fully saturated rings. The Labute approximate surface area is 237 Å². The third-order valence-electron chi connectivity index (χ3n) is 12.1. The van der Waals surface area contributed by atoms with E-state index in [9.17, 15) is 9.90 Å². The first-order chi connectivity index (χ1) is 18.6. The van der Waals surface area contributed by atoms with Crippen LogP contribution in [-0.4, -0.2) is 17.2 Å². The highest BCUT2D eigenvalue weighted by Crippen LogP contribution is 2.67. The molecule has 4 aliphatic rings. The van der Waals surface area contributed by atoms with Crippen LogP contribution in [0.5, 0.6) is 5.75 Å². The molecule has 1 aromatic carbocycles. The molecule has 1 N–H and O–H groups in total. The van der Waals surface area contributed by atoms with Gasteiger partial charge in [-0.15, -0.1) is 0 Å². The predicted molar refractivity (Wildman–Crippen MR) is 159 cm³/mol. The van der Waals surface area contributed by atoms with Gasteiger partial charge in [-0.05, 0) is 128 Å². The Kier molecular flexibility index (Phi) is 8.11. The van der Waals surface area contributed by atoms with E-state index in [1.165, 1.54) is 38.5 Å². The van der Waals surface area contributed by atoms with Gasteiger partial charge in [0.2, 0.25) is 0 Å². The molecule has 0 bridgehead atoms. The van der Waals surface area contributed by atoms with Crippen LogP contribution in [0.1, 0.15) is 110 Å². The van der Waals surface area contributed by atoms with Gasteiger partial charge in [0, 0.05) is 6.42 Å². The zero-order valence-electron chi connectivity index (χ0n) is 25.3. The fraction of sp³-hybridized carbons (Fsp3) is 0.694. The first-order valence-electron chi connectivity index (χ1n) is 15.9. The molecule has 0 amide bonds. The van der Waals surface area contributed by atoms with Crippen molar-refractivity contribution in [3.8, 4) is 5.75 Å². The van der Waals surface area contributed by atoms with Crippen molar-refractivity contribution in [1.29, 1.82) is 0 Å². The zero-order valence-corrected chi connectivity index (χ0v) is 25.3. The molecular weight excluding hydrogens is 480 g/mol. The second-order valence-electron chi connectivity index (χ2n) is 14.4. The first kappa shape index (κ1) is 28.5. The number of allylic oxidation sites excluding steroid dienone is 3. The second-order valence-corrected chi connectivity index (χ2v) is 14.4. The number of phenols is 1. The minimum atomic E-state index is -0.273. The van der Waals surface area contributed by atoms with E-state index in [1.807, 2.05) is 0 Å². The average molecular weight is 533 g/mol. The number of esters is 1. The van der Waals surface area contributed by atoms with E-state index in [1.54, 1.807) is 29.8 Å². The molecule has 39 heavy (non-hydrogen) atoms. The molecule has 4 aliphatic carbocycles. The number of hydrogen-bond donors (Lipinski definition) is 1. The topological polar surface area (TPSA) is 46.5 Å². The summed E-state index contributed by atoms with van der Waals surface area (Å²) in [4.78, 5) is 12.7. The summed E-state index contributed by atoms with van der Waals surface area (Å²) in [7, 11) is 0. The lowest BCUT2D eigenvalue weighted by Gasteiger charge is -2.58. The number of aromatic hydroxyl groups is 1. The molecule has 0 saturated heterocycles. The molecule has 0 spiro atoms. The van der Waals surface area contributed by atoms with Crippen LogP contribution >= 0.6 is 0 Å². The van der Waals surface area contributed by atoms with Crippen LogP contribution < -0.4 is 0 Å². The van der Waals surface area contributed by atoms with E-state index in [4.69, 9.17) is 4.74 Å². The van der Waals surface area contributed by atoms with Gasteiger partial charge in [-0.2, -0.15) is 0 Å². The lowest BCUT2D eigenvalue weighted by molar-refractivity contribution is -0.0565. The van der Waals surface area contributed by atoms with E-state index >= 15 is 0 Å². The second kappa shape index (κ2) is 11.1. The number of fused-ring (bicyclic) bond motifs is 5. The number of rotatable bonds is 7. The monoisotopic (exact) mass is 532 g/mol. The SMILES string of the molecule is CC[C@H](C=C[C@@H](C)[C@H]1CC[C@H]2[C@@H]3CC=C4C[C@@H](OC(=O)c5ccc(O)cc5)CC[C@]4(C)[C@H]3CC[C@]12C)C(C)C. The number of phenolic OH excluding ortho intramolecular Hbond substituents is 1. The van der Waals surface area contributed by atoms with Crippen molar-refractivity contribution in [2.75, 3.05) is 0 Å². The van der Waals surface area contributed by atoms with E-state index in [0.717, 1.165) is 48.9 Å². The summed E-state index contributed by atoms with van der Waals surface area (Å²) in [5.74, 6) is 5.18. The highest BCUT2D eigenvalue weighted by atomic mass is 16.5. The highest BCUT2D eigenvalue weighted by Gasteiger charge is 2.59. The lowest BCUT2D eigenvalue weighted by atomic mass is 9.47. The zero-order chi connectivity index (χ0) is 27.9. The van der Waals surface area contributed by atoms with Crippen LogP contribution in [0.4, 0.5) is 0 Å². The van der Waals surface area contributed by atoms with Crippen molar-refractivity contribution in [2.24, 2.45) is 52.3 Å². The highest BCUT2D eigenvalue weighted by molar-refractivity contribution is 5.89. The van der Waals surface area contributed by atoms with Gasteiger partial charge in [0.25, 0.3) is 0 Å². The van der Waals surface area contributed by atoms with Gasteiger partial charge < -0.3 is 9.84 Å². The van der Waals surface area contributed by atoms with Crippen molar-refractivity contribution in [3.05, 3.63) is 53.6 Å². The molecule has 0 unspecified atom stereocenters. The molecule has 0 radical (unpaired) electrons. The molecular formula is C36H52O3. The Morgan fingerprint density at radius 2 is 1.77 bits per heavy atom. The van der Waals surface area contributed by atoms with Crippen LogP contribution in [0.3, 0.4) is 0 Å². The standard InChI is InChI=1S/C36H52O3/c1-7-25(23(2)3)9-8-24(4)31-16-17-32-30-15-12-27-22-29(39-34(38)26-10-13-28(37)14-11-26)18-20-35(27,5)33(30)19-21-36(31,32)6/h8-14,23-25,29-33,37H,7,15-22H2,1-6H3/t24-,25-,29+,30+,31-,32+,33+,35+,36-/m1/s1. The normalized spacial score (nSPS) is 37.5. The number of carbonyl (C=O) groups is 1. The maximum atomic E-state index is 12.7. The van der Waals surface area contributed by atoms with Gasteiger partial charge >= 0.3 is 5.97 Å². The van der Waals surface area contributed by atoms with Gasteiger partial charge in [-0.25, -0.2) is 4.79 Å². The van der Waals surface area contributed by atoms with E-state index in [0.29, 0.717) is 22.8 Å². The quantitative estimate of drug-likeness (QED) is 0.281. The third kappa shape index (κ3) is 5.24. The Hall–Kier alpha value is -2.03. The summed E-state index contributed by atoms with van der Waals surface area (Å²) < 4.78 is 5.97. The Morgan fingerprint density at radius 3 is 2.46 bits per heavy atom. The molecule has 3 nitrogen and oxygen atoms in total. The molecule has 1 aromatic rings. The van der Waals surface area contributed by atoms with Gasteiger partial charge in [-0.1, -0.05) is 65.3 Å². The molecule has 9 atom stereocenters. The van der Waals surface area contributed by atoms with Gasteiger partial charge in [0.1, 0.15) is 11.9 Å². The summed E-state index contributed by atoms with van der Waals surface area (Å²) in [5, 5.41) is 9.54. The number of benzene rings is 1. The van der Waals surface area contributed by atoms with Crippen molar-refractivity contribution >= 4 is 5.97 Å². The van der Waals surface area contributed by atoms with E-state index in [2.05, 4.69) is 59.8 Å². The van der Waals surface area contributed by atoms with Crippen LogP contribution in [0.25, 0.3) is 0 Å². The first-order valence-corrected chi connectivity index (χ1v) is 15.9. The molecule has 214 valence electrons. The summed E-state index contributed by atoms with van der Waals surface area (Å²) in [6.07, 6.45) is 18.5. The Morgan fingerprint density at radius 1 is 1.03 bits per heavy atom. The van der Waals surface area contributed by atoms with Crippen molar-refractivity contribution in [1.82, 2.24) is 0 Å². The molecule has 3 saturated carbocycles. The number of carbonyl (C=O) groups excluding carboxylic acids is 1. The van der Waals surface area contributed by atoms with Crippen LogP contribution in [-0.2, 0) is 4.74 Å². The van der Waals surface area contributed by atoms with Gasteiger partial charge in [0.15, 0.2) is 0 Å². The smallest absolute Gasteiger partial charge is 0.338 e.